The molecule has 1 N–H and O–H groups in total. The first-order valence-corrected chi connectivity index (χ1v) is 11.7. The van der Waals surface area contributed by atoms with Crippen LogP contribution in [0.2, 0.25) is 0 Å². The molecule has 4 rings (SSSR count). The third kappa shape index (κ3) is 4.86. The van der Waals surface area contributed by atoms with Gasteiger partial charge in [0.25, 0.3) is 0 Å². The summed E-state index contributed by atoms with van der Waals surface area (Å²) >= 11 is 0. The van der Waals surface area contributed by atoms with E-state index in [1.807, 2.05) is 61.5 Å². The summed E-state index contributed by atoms with van der Waals surface area (Å²) in [6.07, 6.45) is 0.416. The molecule has 0 radical (unpaired) electrons. The zero-order chi connectivity index (χ0) is 21.8. The molecule has 0 unspecified atom stereocenters. The fourth-order valence-corrected chi connectivity index (χ4v) is 4.95. The fraction of sp³-hybridized carbons (Fsp3) is 0.160. The Bertz CT molecular complexity index is 1360. The Balaban J connectivity index is 1.65. The van der Waals surface area contributed by atoms with E-state index in [0.717, 1.165) is 16.7 Å². The molecule has 0 saturated heterocycles. The topological polar surface area (TPSA) is 76.2 Å². The lowest BCUT2D eigenvalue weighted by molar-refractivity contribution is 0.309. The van der Waals surface area contributed by atoms with Gasteiger partial charge in [0, 0.05) is 11.5 Å². The highest BCUT2D eigenvalue weighted by molar-refractivity contribution is 7.91. The van der Waals surface area contributed by atoms with E-state index in [-0.39, 0.29) is 16.2 Å². The minimum absolute atomic E-state index is 0.0193. The Morgan fingerprint density at radius 2 is 1.58 bits per heavy atom. The number of fused-ring (bicyclic) bond motifs is 1. The minimum atomic E-state index is -3.57. The monoisotopic (exact) mass is 433 g/mol. The van der Waals surface area contributed by atoms with Crippen molar-refractivity contribution < 1.29 is 13.2 Å². The van der Waals surface area contributed by atoms with Gasteiger partial charge in [-0.3, -0.25) is 4.79 Å². The Hall–Kier alpha value is -3.38. The predicted molar refractivity (Wildman–Crippen MR) is 122 cm³/mol. The lowest BCUT2D eigenvalue weighted by Crippen LogP contribution is -2.12. The summed E-state index contributed by atoms with van der Waals surface area (Å²) < 4.78 is 32.2. The summed E-state index contributed by atoms with van der Waals surface area (Å²) in [5.74, 6) is 0.420. The standard InChI is InChI=1S/C25H23NO4S/c1-18-7-9-19(10-8-18)15-16-31(28,29)23-13-12-22(25-21(23)11-14-24(27)26-25)30-17-20-5-3-2-4-6-20/h2-14H,15-17H2,1H3,(H,26,27). The van der Waals surface area contributed by atoms with Gasteiger partial charge in [0.1, 0.15) is 12.4 Å². The van der Waals surface area contributed by atoms with E-state index in [0.29, 0.717) is 29.7 Å². The zero-order valence-electron chi connectivity index (χ0n) is 17.2. The molecule has 0 bridgehead atoms. The van der Waals surface area contributed by atoms with Gasteiger partial charge in [0.15, 0.2) is 9.84 Å². The lowest BCUT2D eigenvalue weighted by Gasteiger charge is -2.13. The van der Waals surface area contributed by atoms with Crippen LogP contribution in [0, 0.1) is 6.92 Å². The maximum Gasteiger partial charge on any atom is 0.248 e. The van der Waals surface area contributed by atoms with Crippen molar-refractivity contribution in [3.8, 4) is 5.75 Å². The van der Waals surface area contributed by atoms with Crippen molar-refractivity contribution >= 4 is 20.7 Å². The first-order chi connectivity index (χ1) is 14.9. The van der Waals surface area contributed by atoms with Crippen molar-refractivity contribution in [2.45, 2.75) is 24.8 Å². The average Bonchev–Trinajstić information content (AvgIpc) is 2.77. The van der Waals surface area contributed by atoms with Crippen molar-refractivity contribution in [1.82, 2.24) is 4.98 Å². The van der Waals surface area contributed by atoms with Gasteiger partial charge in [-0.15, -0.1) is 0 Å². The smallest absolute Gasteiger partial charge is 0.248 e. The van der Waals surface area contributed by atoms with E-state index in [1.54, 1.807) is 18.2 Å². The van der Waals surface area contributed by atoms with E-state index < -0.39 is 9.84 Å². The molecule has 3 aromatic carbocycles. The van der Waals surface area contributed by atoms with Crippen molar-refractivity contribution in [2.75, 3.05) is 5.75 Å². The Morgan fingerprint density at radius 3 is 2.32 bits per heavy atom. The number of nitrogens with one attached hydrogen (secondary N) is 1. The maximum atomic E-state index is 13.1. The van der Waals surface area contributed by atoms with Crippen LogP contribution in [0.25, 0.3) is 10.9 Å². The molecule has 0 fully saturated rings. The van der Waals surface area contributed by atoms with Gasteiger partial charge < -0.3 is 9.72 Å². The summed E-state index contributed by atoms with van der Waals surface area (Å²) in [7, 11) is -3.57. The Kier molecular flexibility index (Phi) is 5.91. The third-order valence-corrected chi connectivity index (χ3v) is 6.94. The van der Waals surface area contributed by atoms with Gasteiger partial charge in [-0.2, -0.15) is 0 Å². The zero-order valence-corrected chi connectivity index (χ0v) is 18.0. The lowest BCUT2D eigenvalue weighted by atomic mass is 10.1. The second-order valence-corrected chi connectivity index (χ2v) is 9.58. The number of sulfone groups is 1. The first-order valence-electron chi connectivity index (χ1n) is 10.0. The van der Waals surface area contributed by atoms with Gasteiger partial charge >= 0.3 is 0 Å². The molecule has 0 saturated carbocycles. The van der Waals surface area contributed by atoms with Crippen LogP contribution in [-0.2, 0) is 22.9 Å². The Morgan fingerprint density at radius 1 is 0.839 bits per heavy atom. The summed E-state index contributed by atoms with van der Waals surface area (Å²) in [5, 5.41) is 0.453. The predicted octanol–water partition coefficient (Wildman–Crippen LogP) is 4.43. The number of ether oxygens (including phenoxy) is 1. The largest absolute Gasteiger partial charge is 0.487 e. The molecule has 158 valence electrons. The van der Waals surface area contributed by atoms with Gasteiger partial charge in [-0.25, -0.2) is 8.42 Å². The van der Waals surface area contributed by atoms with Crippen LogP contribution in [0.4, 0.5) is 0 Å². The fourth-order valence-electron chi connectivity index (χ4n) is 3.44. The van der Waals surface area contributed by atoms with E-state index in [2.05, 4.69) is 4.98 Å². The normalized spacial score (nSPS) is 11.5. The van der Waals surface area contributed by atoms with Crippen LogP contribution in [0.3, 0.4) is 0 Å². The highest BCUT2D eigenvalue weighted by Crippen LogP contribution is 2.30. The molecule has 0 spiro atoms. The van der Waals surface area contributed by atoms with Crippen LogP contribution < -0.4 is 10.3 Å². The molecule has 1 aromatic heterocycles. The molecule has 31 heavy (non-hydrogen) atoms. The van der Waals surface area contributed by atoms with E-state index in [4.69, 9.17) is 4.74 Å². The molecule has 5 nitrogen and oxygen atoms in total. The minimum Gasteiger partial charge on any atom is -0.487 e. The molecule has 0 aliphatic rings. The molecule has 0 atom stereocenters. The quantitative estimate of drug-likeness (QED) is 0.468. The number of hydrogen-bond acceptors (Lipinski definition) is 4. The molecule has 4 aromatic rings. The average molecular weight is 434 g/mol. The first kappa shape index (κ1) is 20.9. The van der Waals surface area contributed by atoms with Crippen molar-refractivity contribution in [1.29, 1.82) is 0 Å². The van der Waals surface area contributed by atoms with Crippen LogP contribution in [0.5, 0.6) is 5.75 Å². The summed E-state index contributed by atoms with van der Waals surface area (Å²) in [5.41, 5.74) is 3.15. The molecule has 6 heteroatoms. The second-order valence-electron chi connectivity index (χ2n) is 7.50. The van der Waals surface area contributed by atoms with Gasteiger partial charge in [0.2, 0.25) is 5.56 Å². The molecule has 0 aliphatic carbocycles. The van der Waals surface area contributed by atoms with Crippen LogP contribution >= 0.6 is 0 Å². The summed E-state index contributed by atoms with van der Waals surface area (Å²) in [4.78, 5) is 14.9. The van der Waals surface area contributed by atoms with Crippen molar-refractivity contribution in [3.63, 3.8) is 0 Å². The maximum absolute atomic E-state index is 13.1. The van der Waals surface area contributed by atoms with Crippen molar-refractivity contribution in [2.24, 2.45) is 0 Å². The number of aromatic amines is 1. The summed E-state index contributed by atoms with van der Waals surface area (Å²) in [6, 6.07) is 23.5. The van der Waals surface area contributed by atoms with Crippen LogP contribution in [-0.4, -0.2) is 19.2 Å². The number of H-pyrrole nitrogens is 1. The van der Waals surface area contributed by atoms with Crippen LogP contribution in [0.1, 0.15) is 16.7 Å². The molecular weight excluding hydrogens is 410 g/mol. The molecular formula is C25H23NO4S. The van der Waals surface area contributed by atoms with E-state index >= 15 is 0 Å². The second kappa shape index (κ2) is 8.78. The van der Waals surface area contributed by atoms with Crippen LogP contribution in [0.15, 0.2) is 88.6 Å². The number of rotatable bonds is 7. The third-order valence-electron chi connectivity index (χ3n) is 5.17. The number of pyridine rings is 1. The van der Waals surface area contributed by atoms with E-state index in [1.165, 1.54) is 6.07 Å². The van der Waals surface area contributed by atoms with Gasteiger partial charge in [0.05, 0.1) is 16.2 Å². The summed E-state index contributed by atoms with van der Waals surface area (Å²) in [6.45, 7) is 2.31. The van der Waals surface area contributed by atoms with Crippen molar-refractivity contribution in [3.05, 3.63) is 106 Å². The van der Waals surface area contributed by atoms with Gasteiger partial charge in [-0.05, 0) is 42.7 Å². The highest BCUT2D eigenvalue weighted by atomic mass is 32.2. The molecule has 0 aliphatic heterocycles. The number of hydrogen-bond donors (Lipinski definition) is 1. The molecule has 1 heterocycles. The van der Waals surface area contributed by atoms with E-state index in [9.17, 15) is 13.2 Å². The highest BCUT2D eigenvalue weighted by Gasteiger charge is 2.20. The van der Waals surface area contributed by atoms with Gasteiger partial charge in [-0.1, -0.05) is 60.2 Å². The number of aryl methyl sites for hydroxylation is 2. The Labute approximate surface area is 181 Å². The number of benzene rings is 3. The number of aromatic nitrogens is 1. The SMILES string of the molecule is Cc1ccc(CCS(=O)(=O)c2ccc(OCc3ccccc3)c3[nH]c(=O)ccc23)cc1. The molecule has 0 amide bonds.